The Morgan fingerprint density at radius 2 is 1.79 bits per heavy atom. The van der Waals surface area contributed by atoms with E-state index in [4.69, 9.17) is 25.8 Å². The van der Waals surface area contributed by atoms with Gasteiger partial charge in [-0.3, -0.25) is 4.79 Å². The summed E-state index contributed by atoms with van der Waals surface area (Å²) in [7, 11) is -0.884. The number of halogens is 1. The van der Waals surface area contributed by atoms with Crippen LogP contribution in [0.2, 0.25) is 5.02 Å². The number of amides is 1. The highest BCUT2D eigenvalue weighted by atomic mass is 35.5. The molecule has 1 atom stereocenters. The minimum atomic E-state index is -3.79. The van der Waals surface area contributed by atoms with Crippen LogP contribution in [-0.2, 0) is 19.6 Å². The molecule has 1 fully saturated rings. The predicted octanol–water partition coefficient (Wildman–Crippen LogP) is 3.13. The number of rotatable bonds is 8. The maximum Gasteiger partial charge on any atom is 0.246 e. The van der Waals surface area contributed by atoms with Gasteiger partial charge in [-0.05, 0) is 43.7 Å². The number of hydrogen-bond acceptors (Lipinski definition) is 7. The Kier molecular flexibility index (Phi) is 8.06. The normalized spacial score (nSPS) is 15.5. The number of carbonyl (C=O) groups is 1. The summed E-state index contributed by atoms with van der Waals surface area (Å²) in [5, 5.41) is 6.40. The van der Waals surface area contributed by atoms with Gasteiger partial charge in [0.1, 0.15) is 22.4 Å². The first-order valence-electron chi connectivity index (χ1n) is 10.3. The average Bonchev–Trinajstić information content (AvgIpc) is 2.81. The van der Waals surface area contributed by atoms with E-state index in [0.717, 1.165) is 5.56 Å². The number of nitrogens with zero attached hydrogens (tertiary/aromatic N) is 1. The van der Waals surface area contributed by atoms with Crippen LogP contribution in [0.25, 0.3) is 0 Å². The average molecular weight is 498 g/mol. The van der Waals surface area contributed by atoms with Crippen molar-refractivity contribution < 1.29 is 27.4 Å². The third-order valence-corrected chi connectivity index (χ3v) is 7.59. The molecule has 33 heavy (non-hydrogen) atoms. The molecule has 0 spiro atoms. The SMILES string of the molecule is COc1cc(Cl)c(C)cc1NC(=O)[C@H](C)Nc1ccc(OC)c(S(=O)(=O)N2CCOCC2)c1. The molecule has 0 unspecified atom stereocenters. The van der Waals surface area contributed by atoms with Crippen LogP contribution in [0.1, 0.15) is 12.5 Å². The number of sulfonamides is 1. The van der Waals surface area contributed by atoms with Gasteiger partial charge in [0.2, 0.25) is 15.9 Å². The van der Waals surface area contributed by atoms with Gasteiger partial charge >= 0.3 is 0 Å². The maximum absolute atomic E-state index is 13.2. The van der Waals surface area contributed by atoms with Gasteiger partial charge in [-0.1, -0.05) is 11.6 Å². The van der Waals surface area contributed by atoms with E-state index in [-0.39, 0.29) is 29.6 Å². The third kappa shape index (κ3) is 5.70. The van der Waals surface area contributed by atoms with Crippen molar-refractivity contribution in [3.05, 3.63) is 40.9 Å². The summed E-state index contributed by atoms with van der Waals surface area (Å²) < 4.78 is 43.5. The Morgan fingerprint density at radius 1 is 1.12 bits per heavy atom. The fourth-order valence-corrected chi connectivity index (χ4v) is 5.12. The van der Waals surface area contributed by atoms with Gasteiger partial charge in [0.05, 0.1) is 33.1 Å². The van der Waals surface area contributed by atoms with Crippen LogP contribution in [0, 0.1) is 6.92 Å². The number of hydrogen-bond donors (Lipinski definition) is 2. The van der Waals surface area contributed by atoms with E-state index in [2.05, 4.69) is 10.6 Å². The first-order chi connectivity index (χ1) is 15.7. The van der Waals surface area contributed by atoms with Crippen molar-refractivity contribution in [1.82, 2.24) is 4.31 Å². The molecule has 11 heteroatoms. The molecule has 2 N–H and O–H groups in total. The summed E-state index contributed by atoms with van der Waals surface area (Å²) in [6, 6.07) is 7.38. The highest BCUT2D eigenvalue weighted by molar-refractivity contribution is 7.89. The molecule has 0 radical (unpaired) electrons. The topological polar surface area (TPSA) is 106 Å². The van der Waals surface area contributed by atoms with E-state index in [1.807, 2.05) is 6.92 Å². The zero-order valence-electron chi connectivity index (χ0n) is 19.0. The van der Waals surface area contributed by atoms with Crippen LogP contribution in [0.15, 0.2) is 35.2 Å². The molecule has 1 aliphatic heterocycles. The summed E-state index contributed by atoms with van der Waals surface area (Å²) >= 11 is 6.13. The highest BCUT2D eigenvalue weighted by Gasteiger charge is 2.30. The van der Waals surface area contributed by atoms with E-state index in [9.17, 15) is 13.2 Å². The number of morpholine rings is 1. The number of aryl methyl sites for hydroxylation is 1. The number of benzene rings is 2. The van der Waals surface area contributed by atoms with Gasteiger partial charge in [-0.2, -0.15) is 4.31 Å². The first kappa shape index (κ1) is 25.1. The maximum atomic E-state index is 13.2. The van der Waals surface area contributed by atoms with Gasteiger partial charge in [0, 0.05) is 29.9 Å². The Labute approximate surface area is 199 Å². The number of ether oxygens (including phenoxy) is 3. The van der Waals surface area contributed by atoms with Crippen LogP contribution >= 0.6 is 11.6 Å². The summed E-state index contributed by atoms with van der Waals surface area (Å²) in [5.74, 6) is 0.337. The number of carbonyl (C=O) groups excluding carboxylic acids is 1. The standard InChI is InChI=1S/C22H28ClN3O6S/c1-14-11-18(20(31-4)13-17(14)23)25-22(27)15(2)24-16-5-6-19(30-3)21(12-16)33(28,29)26-7-9-32-10-8-26/h5-6,11-13,15,24H,7-10H2,1-4H3,(H,25,27)/t15-/m0/s1. The lowest BCUT2D eigenvalue weighted by atomic mass is 10.2. The van der Waals surface area contributed by atoms with Crippen LogP contribution in [0.3, 0.4) is 0 Å². The number of anilines is 2. The van der Waals surface area contributed by atoms with E-state index in [0.29, 0.717) is 35.4 Å². The van der Waals surface area contributed by atoms with Crippen molar-refractivity contribution in [2.24, 2.45) is 0 Å². The smallest absolute Gasteiger partial charge is 0.246 e. The van der Waals surface area contributed by atoms with Crippen molar-refractivity contribution in [3.63, 3.8) is 0 Å². The van der Waals surface area contributed by atoms with Crippen molar-refractivity contribution in [3.8, 4) is 11.5 Å². The second-order valence-corrected chi connectivity index (χ2v) is 9.85. The quantitative estimate of drug-likeness (QED) is 0.577. The van der Waals surface area contributed by atoms with Crippen LogP contribution in [0.4, 0.5) is 11.4 Å². The molecule has 1 amide bonds. The zero-order valence-corrected chi connectivity index (χ0v) is 20.5. The van der Waals surface area contributed by atoms with Crippen LogP contribution in [-0.4, -0.2) is 65.2 Å². The second-order valence-electron chi connectivity index (χ2n) is 7.54. The Morgan fingerprint density at radius 3 is 2.42 bits per heavy atom. The summed E-state index contributed by atoms with van der Waals surface area (Å²) in [6.07, 6.45) is 0. The molecule has 3 rings (SSSR count). The van der Waals surface area contributed by atoms with Crippen molar-refractivity contribution in [1.29, 1.82) is 0 Å². The monoisotopic (exact) mass is 497 g/mol. The lowest BCUT2D eigenvalue weighted by molar-refractivity contribution is -0.116. The van der Waals surface area contributed by atoms with E-state index >= 15 is 0 Å². The molecule has 2 aromatic carbocycles. The number of nitrogens with one attached hydrogen (secondary N) is 2. The van der Waals surface area contributed by atoms with Gasteiger partial charge in [-0.15, -0.1) is 0 Å². The molecular formula is C22H28ClN3O6S. The molecule has 0 bridgehead atoms. The van der Waals surface area contributed by atoms with Gasteiger partial charge in [0.15, 0.2) is 0 Å². The van der Waals surface area contributed by atoms with Gasteiger partial charge in [-0.25, -0.2) is 8.42 Å². The fraction of sp³-hybridized carbons (Fsp3) is 0.409. The Balaban J connectivity index is 1.80. The predicted molar refractivity (Wildman–Crippen MR) is 127 cm³/mol. The molecule has 0 aliphatic carbocycles. The zero-order chi connectivity index (χ0) is 24.2. The lowest BCUT2D eigenvalue weighted by Gasteiger charge is -2.27. The van der Waals surface area contributed by atoms with Crippen LogP contribution < -0.4 is 20.1 Å². The van der Waals surface area contributed by atoms with Crippen LogP contribution in [0.5, 0.6) is 11.5 Å². The molecule has 0 saturated carbocycles. The molecule has 1 aliphatic rings. The van der Waals surface area contributed by atoms with Crippen molar-refractivity contribution >= 4 is 38.9 Å². The second kappa shape index (κ2) is 10.6. The minimum Gasteiger partial charge on any atom is -0.495 e. The minimum absolute atomic E-state index is 0.0273. The molecule has 0 aromatic heterocycles. The van der Waals surface area contributed by atoms with Gasteiger partial charge in [0.25, 0.3) is 0 Å². The molecule has 2 aromatic rings. The largest absolute Gasteiger partial charge is 0.495 e. The summed E-state index contributed by atoms with van der Waals surface area (Å²) in [5.41, 5.74) is 1.74. The molecule has 1 saturated heterocycles. The summed E-state index contributed by atoms with van der Waals surface area (Å²) in [4.78, 5) is 12.8. The van der Waals surface area contributed by atoms with Gasteiger partial charge < -0.3 is 24.8 Å². The lowest BCUT2D eigenvalue weighted by Crippen LogP contribution is -2.40. The number of methoxy groups -OCH3 is 2. The fourth-order valence-electron chi connectivity index (χ4n) is 3.38. The molecule has 180 valence electrons. The molecule has 9 nitrogen and oxygen atoms in total. The third-order valence-electron chi connectivity index (χ3n) is 5.27. The van der Waals surface area contributed by atoms with E-state index in [1.165, 1.54) is 24.6 Å². The first-order valence-corrected chi connectivity index (χ1v) is 12.2. The summed E-state index contributed by atoms with van der Waals surface area (Å²) in [6.45, 7) is 4.71. The van der Waals surface area contributed by atoms with Crippen molar-refractivity contribution in [2.75, 3.05) is 51.2 Å². The highest BCUT2D eigenvalue weighted by Crippen LogP contribution is 2.32. The Bertz CT molecular complexity index is 1120. The molecular weight excluding hydrogens is 470 g/mol. The molecule has 1 heterocycles. The Hall–Kier alpha value is -2.53. The van der Waals surface area contributed by atoms with E-state index < -0.39 is 16.1 Å². The van der Waals surface area contributed by atoms with E-state index in [1.54, 1.807) is 31.2 Å². The van der Waals surface area contributed by atoms with Crippen molar-refractivity contribution in [2.45, 2.75) is 24.8 Å².